The van der Waals surface area contributed by atoms with E-state index in [4.69, 9.17) is 9.47 Å². The standard InChI is InChI=1S/C24H24N4O3S/c1-28-8-7-16(13-28)31-21-6-5-15(23-4-3-9-32-23)10-19(21)27-24-17-11-20(29)22(30-2)12-18(17)25-14-26-24/h3-6,9-12,14,16,29H,7-8,13H2,1-2H3,(H,25,26,27). The Morgan fingerprint density at radius 1 is 1.16 bits per heavy atom. The van der Waals surface area contributed by atoms with E-state index in [0.29, 0.717) is 22.5 Å². The third kappa shape index (κ3) is 4.06. The SMILES string of the molecule is COc1cc2ncnc(Nc3cc(-c4cccs4)ccc3OC3CCN(C)C3)c2cc1O. The number of hydrogen-bond donors (Lipinski definition) is 2. The molecule has 0 radical (unpaired) electrons. The lowest BCUT2D eigenvalue weighted by Gasteiger charge is -2.19. The Morgan fingerprint density at radius 2 is 2.06 bits per heavy atom. The summed E-state index contributed by atoms with van der Waals surface area (Å²) in [5.74, 6) is 1.77. The summed E-state index contributed by atoms with van der Waals surface area (Å²) in [7, 11) is 3.62. The van der Waals surface area contributed by atoms with Crippen molar-refractivity contribution < 1.29 is 14.6 Å². The molecule has 3 heterocycles. The minimum Gasteiger partial charge on any atom is -0.504 e. The number of nitrogens with one attached hydrogen (secondary N) is 1. The molecule has 7 nitrogen and oxygen atoms in total. The molecule has 1 atom stereocenters. The van der Waals surface area contributed by atoms with Gasteiger partial charge in [0.15, 0.2) is 11.5 Å². The number of thiophene rings is 1. The molecule has 32 heavy (non-hydrogen) atoms. The van der Waals surface area contributed by atoms with Crippen LogP contribution < -0.4 is 14.8 Å². The van der Waals surface area contributed by atoms with E-state index in [0.717, 1.165) is 36.5 Å². The number of methoxy groups -OCH3 is 1. The molecule has 8 heteroatoms. The second-order valence-corrected chi connectivity index (χ2v) is 8.82. The lowest BCUT2D eigenvalue weighted by atomic mass is 10.1. The maximum Gasteiger partial charge on any atom is 0.162 e. The molecule has 164 valence electrons. The van der Waals surface area contributed by atoms with E-state index < -0.39 is 0 Å². The third-order valence-corrected chi connectivity index (χ3v) is 6.53. The van der Waals surface area contributed by atoms with Gasteiger partial charge >= 0.3 is 0 Å². The first kappa shape index (κ1) is 20.5. The number of fused-ring (bicyclic) bond motifs is 1. The molecule has 0 saturated carbocycles. The molecule has 1 aliphatic heterocycles. The summed E-state index contributed by atoms with van der Waals surface area (Å²) in [6.07, 6.45) is 2.63. The van der Waals surface area contributed by atoms with Gasteiger partial charge in [-0.3, -0.25) is 0 Å². The highest BCUT2D eigenvalue weighted by molar-refractivity contribution is 7.13. The van der Waals surface area contributed by atoms with Crippen molar-refractivity contribution in [2.24, 2.45) is 0 Å². The zero-order chi connectivity index (χ0) is 22.1. The fourth-order valence-corrected chi connectivity index (χ4v) is 4.68. The Hall–Kier alpha value is -3.36. The molecule has 0 spiro atoms. The lowest BCUT2D eigenvalue weighted by Crippen LogP contribution is -2.21. The number of likely N-dealkylation sites (tertiary alicyclic amines) is 1. The van der Waals surface area contributed by atoms with Gasteiger partial charge in [-0.25, -0.2) is 9.97 Å². The fraction of sp³-hybridized carbons (Fsp3) is 0.250. The van der Waals surface area contributed by atoms with Gasteiger partial charge in [0.2, 0.25) is 0 Å². The van der Waals surface area contributed by atoms with Crippen molar-refractivity contribution in [3.8, 4) is 27.7 Å². The van der Waals surface area contributed by atoms with Crippen LogP contribution in [0.5, 0.6) is 17.2 Å². The van der Waals surface area contributed by atoms with Crippen molar-refractivity contribution in [3.63, 3.8) is 0 Å². The van der Waals surface area contributed by atoms with Crippen LogP contribution in [-0.4, -0.2) is 53.3 Å². The number of phenolic OH excluding ortho intramolecular Hbond substituents is 1. The summed E-state index contributed by atoms with van der Waals surface area (Å²) in [5.41, 5.74) is 2.59. The van der Waals surface area contributed by atoms with Crippen molar-refractivity contribution >= 4 is 33.7 Å². The average molecular weight is 449 g/mol. The number of likely N-dealkylation sites (N-methyl/N-ethyl adjacent to an activating group) is 1. The first-order valence-corrected chi connectivity index (χ1v) is 11.3. The normalized spacial score (nSPS) is 16.4. The fourth-order valence-electron chi connectivity index (χ4n) is 3.96. The molecule has 1 unspecified atom stereocenters. The summed E-state index contributed by atoms with van der Waals surface area (Å²) in [6, 6.07) is 13.6. The molecule has 1 saturated heterocycles. The van der Waals surface area contributed by atoms with Crippen LogP contribution >= 0.6 is 11.3 Å². The third-order valence-electron chi connectivity index (χ3n) is 5.62. The van der Waals surface area contributed by atoms with Gasteiger partial charge in [-0.05, 0) is 54.7 Å². The summed E-state index contributed by atoms with van der Waals surface area (Å²) >= 11 is 1.69. The molecule has 5 rings (SSSR count). The van der Waals surface area contributed by atoms with Crippen LogP contribution in [0.1, 0.15) is 6.42 Å². The zero-order valence-corrected chi connectivity index (χ0v) is 18.7. The highest BCUT2D eigenvalue weighted by atomic mass is 32.1. The molecule has 2 N–H and O–H groups in total. The van der Waals surface area contributed by atoms with Crippen molar-refractivity contribution in [3.05, 3.63) is 54.2 Å². The minimum atomic E-state index is 0.0376. The maximum absolute atomic E-state index is 10.3. The molecule has 2 aromatic heterocycles. The predicted octanol–water partition coefficient (Wildman–Crippen LogP) is 4.90. The number of aromatic nitrogens is 2. The molecule has 1 fully saturated rings. The molecular formula is C24H24N4O3S. The van der Waals surface area contributed by atoms with Gasteiger partial charge in [0.05, 0.1) is 18.3 Å². The van der Waals surface area contributed by atoms with Crippen molar-refractivity contribution in [1.29, 1.82) is 0 Å². The van der Waals surface area contributed by atoms with Gasteiger partial charge in [-0.2, -0.15) is 0 Å². The quantitative estimate of drug-likeness (QED) is 0.434. The first-order chi connectivity index (χ1) is 15.6. The van der Waals surface area contributed by atoms with Crippen LogP contribution in [0.3, 0.4) is 0 Å². The highest BCUT2D eigenvalue weighted by Gasteiger charge is 2.22. The Bertz CT molecular complexity index is 1250. The monoisotopic (exact) mass is 448 g/mol. The number of phenols is 1. The van der Waals surface area contributed by atoms with Crippen LogP contribution in [-0.2, 0) is 0 Å². The second kappa shape index (κ2) is 8.64. The number of rotatable bonds is 6. The average Bonchev–Trinajstić information content (AvgIpc) is 3.47. The largest absolute Gasteiger partial charge is 0.504 e. The van der Waals surface area contributed by atoms with Crippen LogP contribution in [0.15, 0.2) is 54.2 Å². The van der Waals surface area contributed by atoms with Gasteiger partial charge < -0.3 is 24.8 Å². The van der Waals surface area contributed by atoms with Gasteiger partial charge in [-0.15, -0.1) is 11.3 Å². The molecule has 0 bridgehead atoms. The van der Waals surface area contributed by atoms with E-state index in [1.807, 2.05) is 12.1 Å². The van der Waals surface area contributed by atoms with E-state index in [9.17, 15) is 5.11 Å². The van der Waals surface area contributed by atoms with E-state index in [-0.39, 0.29) is 11.9 Å². The first-order valence-electron chi connectivity index (χ1n) is 10.4. The zero-order valence-electron chi connectivity index (χ0n) is 17.9. The lowest BCUT2D eigenvalue weighted by molar-refractivity contribution is 0.209. The van der Waals surface area contributed by atoms with Gasteiger partial charge in [0.1, 0.15) is 24.0 Å². The topological polar surface area (TPSA) is 79.7 Å². The number of ether oxygens (including phenoxy) is 2. The van der Waals surface area contributed by atoms with E-state index in [1.165, 1.54) is 18.3 Å². The summed E-state index contributed by atoms with van der Waals surface area (Å²) in [6.45, 7) is 1.93. The summed E-state index contributed by atoms with van der Waals surface area (Å²) in [4.78, 5) is 12.2. The van der Waals surface area contributed by atoms with Gasteiger partial charge in [-0.1, -0.05) is 6.07 Å². The molecule has 2 aromatic carbocycles. The molecule has 4 aromatic rings. The molecule has 0 amide bonds. The van der Waals surface area contributed by atoms with E-state index in [2.05, 4.69) is 50.8 Å². The number of aromatic hydroxyl groups is 1. The van der Waals surface area contributed by atoms with Crippen molar-refractivity contribution in [2.45, 2.75) is 12.5 Å². The number of anilines is 2. The van der Waals surface area contributed by atoms with Crippen LogP contribution in [0.2, 0.25) is 0 Å². The summed E-state index contributed by atoms with van der Waals surface area (Å²) in [5, 5.41) is 16.5. The molecular weight excluding hydrogens is 424 g/mol. The Morgan fingerprint density at radius 3 is 2.81 bits per heavy atom. The van der Waals surface area contributed by atoms with Crippen LogP contribution in [0.25, 0.3) is 21.3 Å². The number of hydrogen-bond acceptors (Lipinski definition) is 8. The summed E-state index contributed by atoms with van der Waals surface area (Å²) < 4.78 is 11.6. The van der Waals surface area contributed by atoms with Gasteiger partial charge in [0.25, 0.3) is 0 Å². The molecule has 0 aliphatic carbocycles. The Balaban J connectivity index is 1.55. The Labute approximate surface area is 190 Å². The van der Waals surface area contributed by atoms with Crippen LogP contribution in [0.4, 0.5) is 11.5 Å². The highest BCUT2D eigenvalue weighted by Crippen LogP contribution is 2.38. The van der Waals surface area contributed by atoms with E-state index in [1.54, 1.807) is 23.5 Å². The smallest absolute Gasteiger partial charge is 0.162 e. The van der Waals surface area contributed by atoms with Crippen molar-refractivity contribution in [1.82, 2.24) is 14.9 Å². The second-order valence-electron chi connectivity index (χ2n) is 7.87. The number of benzene rings is 2. The van der Waals surface area contributed by atoms with E-state index >= 15 is 0 Å². The maximum atomic E-state index is 10.3. The predicted molar refractivity (Wildman–Crippen MR) is 127 cm³/mol. The van der Waals surface area contributed by atoms with Crippen molar-refractivity contribution in [2.75, 3.05) is 32.6 Å². The van der Waals surface area contributed by atoms with Gasteiger partial charge in [0, 0.05) is 29.4 Å². The Kier molecular flexibility index (Phi) is 5.55. The molecule has 1 aliphatic rings. The van der Waals surface area contributed by atoms with Crippen LogP contribution in [0, 0.1) is 0 Å². The number of nitrogens with zero attached hydrogens (tertiary/aromatic N) is 3. The minimum absolute atomic E-state index is 0.0376.